The van der Waals surface area contributed by atoms with E-state index in [9.17, 15) is 4.79 Å². The highest BCUT2D eigenvalue weighted by molar-refractivity contribution is 6.30. The first-order valence-electron chi connectivity index (χ1n) is 8.95. The maximum atomic E-state index is 12.8. The molecule has 2 aromatic carbocycles. The van der Waals surface area contributed by atoms with Crippen molar-refractivity contribution in [1.29, 1.82) is 0 Å². The maximum Gasteiger partial charge on any atom is 0.322 e. The Morgan fingerprint density at radius 1 is 1.29 bits per heavy atom. The van der Waals surface area contributed by atoms with Crippen LogP contribution in [0.25, 0.3) is 11.4 Å². The molecule has 3 aromatic rings. The molecule has 1 saturated heterocycles. The largest absolute Gasteiger partial charge is 0.497 e. The van der Waals surface area contributed by atoms with Gasteiger partial charge >= 0.3 is 6.03 Å². The van der Waals surface area contributed by atoms with Crippen LogP contribution in [-0.4, -0.2) is 34.7 Å². The fourth-order valence-corrected chi connectivity index (χ4v) is 3.47. The molecule has 1 aromatic heterocycles. The Morgan fingerprint density at radius 2 is 2.14 bits per heavy atom. The first-order chi connectivity index (χ1) is 13.6. The lowest BCUT2D eigenvalue weighted by molar-refractivity contribution is 0.193. The number of nitrogens with one attached hydrogen (secondary N) is 1. The number of carbonyl (C=O) groups excluding carboxylic acids is 1. The van der Waals surface area contributed by atoms with Crippen molar-refractivity contribution in [2.45, 2.75) is 18.9 Å². The molecule has 1 fully saturated rings. The third-order valence-electron chi connectivity index (χ3n) is 4.64. The Balaban J connectivity index is 1.51. The van der Waals surface area contributed by atoms with Crippen LogP contribution in [0.15, 0.2) is 53.1 Å². The minimum Gasteiger partial charge on any atom is -0.497 e. The number of nitrogens with zero attached hydrogens (tertiary/aromatic N) is 3. The highest BCUT2D eigenvalue weighted by atomic mass is 35.5. The summed E-state index contributed by atoms with van der Waals surface area (Å²) >= 11 is 6.04. The van der Waals surface area contributed by atoms with Crippen molar-refractivity contribution in [2.24, 2.45) is 0 Å². The summed E-state index contributed by atoms with van der Waals surface area (Å²) in [5.41, 5.74) is 1.44. The summed E-state index contributed by atoms with van der Waals surface area (Å²) in [7, 11) is 1.59. The standard InChI is InChI=1S/C20H19ClN4O3/c1-27-16-8-3-7-15(12-16)22-20(26)25-10-4-9-17(25)19-23-18(24-28-19)13-5-2-6-14(21)11-13/h2-3,5-8,11-12,17H,4,9-10H2,1H3,(H,22,26). The zero-order valence-electron chi connectivity index (χ0n) is 15.3. The van der Waals surface area contributed by atoms with E-state index in [1.807, 2.05) is 30.3 Å². The van der Waals surface area contributed by atoms with E-state index in [0.717, 1.165) is 18.4 Å². The van der Waals surface area contributed by atoms with E-state index < -0.39 is 0 Å². The Hall–Kier alpha value is -3.06. The Morgan fingerprint density at radius 3 is 2.96 bits per heavy atom. The topological polar surface area (TPSA) is 80.5 Å². The highest BCUT2D eigenvalue weighted by Gasteiger charge is 2.34. The van der Waals surface area contributed by atoms with Gasteiger partial charge in [0.05, 0.1) is 7.11 Å². The zero-order valence-corrected chi connectivity index (χ0v) is 16.0. The number of methoxy groups -OCH3 is 1. The average molecular weight is 399 g/mol. The number of aromatic nitrogens is 2. The first kappa shape index (κ1) is 18.3. The van der Waals surface area contributed by atoms with E-state index in [4.69, 9.17) is 20.9 Å². The quantitative estimate of drug-likeness (QED) is 0.684. The zero-order chi connectivity index (χ0) is 19.5. The second kappa shape index (κ2) is 7.90. The van der Waals surface area contributed by atoms with Crippen LogP contribution in [0.2, 0.25) is 5.02 Å². The number of hydrogen-bond acceptors (Lipinski definition) is 5. The van der Waals surface area contributed by atoms with Gasteiger partial charge in [-0.3, -0.25) is 0 Å². The number of rotatable bonds is 4. The van der Waals surface area contributed by atoms with Crippen molar-refractivity contribution >= 4 is 23.3 Å². The van der Waals surface area contributed by atoms with Crippen LogP contribution in [0.4, 0.5) is 10.5 Å². The van der Waals surface area contributed by atoms with Gasteiger partial charge in [0.2, 0.25) is 11.7 Å². The van der Waals surface area contributed by atoms with Crippen molar-refractivity contribution in [3.05, 3.63) is 59.4 Å². The lowest BCUT2D eigenvalue weighted by Crippen LogP contribution is -2.34. The van der Waals surface area contributed by atoms with Crippen molar-refractivity contribution in [1.82, 2.24) is 15.0 Å². The molecule has 4 rings (SSSR count). The third kappa shape index (κ3) is 3.80. The Bertz CT molecular complexity index is 991. The second-order valence-corrected chi connectivity index (χ2v) is 6.92. The molecule has 0 spiro atoms. The number of likely N-dealkylation sites (tertiary alicyclic amines) is 1. The van der Waals surface area contributed by atoms with E-state index in [1.165, 1.54) is 0 Å². The average Bonchev–Trinajstić information content (AvgIpc) is 3.37. The predicted octanol–water partition coefficient (Wildman–Crippen LogP) is 4.77. The molecule has 2 amide bonds. The second-order valence-electron chi connectivity index (χ2n) is 6.48. The normalized spacial score (nSPS) is 16.2. The number of halogens is 1. The highest BCUT2D eigenvalue weighted by Crippen LogP contribution is 2.33. The molecule has 1 aliphatic heterocycles. The number of benzene rings is 2. The van der Waals surface area contributed by atoms with Crippen molar-refractivity contribution in [3.63, 3.8) is 0 Å². The molecule has 1 N–H and O–H groups in total. The smallest absolute Gasteiger partial charge is 0.322 e. The summed E-state index contributed by atoms with van der Waals surface area (Å²) in [6, 6.07) is 14.0. The van der Waals surface area contributed by atoms with Gasteiger partial charge in [-0.25, -0.2) is 4.79 Å². The molecule has 28 heavy (non-hydrogen) atoms. The van der Waals surface area contributed by atoms with E-state index >= 15 is 0 Å². The number of anilines is 1. The fraction of sp³-hybridized carbons (Fsp3) is 0.250. The molecule has 2 heterocycles. The molecular formula is C20H19ClN4O3. The Kier molecular flexibility index (Phi) is 5.16. The van der Waals surface area contributed by atoms with Gasteiger partial charge < -0.3 is 19.5 Å². The molecular weight excluding hydrogens is 380 g/mol. The number of hydrogen-bond donors (Lipinski definition) is 1. The number of ether oxygens (including phenoxy) is 1. The van der Waals surface area contributed by atoms with Crippen molar-refractivity contribution < 1.29 is 14.1 Å². The Labute approximate surface area is 167 Å². The van der Waals surface area contributed by atoms with Crippen LogP contribution in [0.1, 0.15) is 24.8 Å². The van der Waals surface area contributed by atoms with Crippen molar-refractivity contribution in [2.75, 3.05) is 19.0 Å². The van der Waals surface area contributed by atoms with Crippen LogP contribution in [0.3, 0.4) is 0 Å². The summed E-state index contributed by atoms with van der Waals surface area (Å²) in [6.45, 7) is 0.620. The molecule has 7 nitrogen and oxygen atoms in total. The van der Waals surface area contributed by atoms with Crippen LogP contribution < -0.4 is 10.1 Å². The van der Waals surface area contributed by atoms with Gasteiger partial charge in [0.25, 0.3) is 0 Å². The lowest BCUT2D eigenvalue weighted by Gasteiger charge is -2.22. The van der Waals surface area contributed by atoms with Gasteiger partial charge in [0, 0.05) is 28.9 Å². The predicted molar refractivity (Wildman–Crippen MR) is 105 cm³/mol. The lowest BCUT2D eigenvalue weighted by atomic mass is 10.2. The molecule has 144 valence electrons. The summed E-state index contributed by atoms with van der Waals surface area (Å²) < 4.78 is 10.7. The summed E-state index contributed by atoms with van der Waals surface area (Å²) in [4.78, 5) is 19.0. The van der Waals surface area contributed by atoms with Gasteiger partial charge in [0.1, 0.15) is 11.8 Å². The monoisotopic (exact) mass is 398 g/mol. The number of urea groups is 1. The summed E-state index contributed by atoms with van der Waals surface area (Å²) in [5, 5.41) is 7.56. The third-order valence-corrected chi connectivity index (χ3v) is 4.88. The number of carbonyl (C=O) groups is 1. The van der Waals surface area contributed by atoms with E-state index in [-0.39, 0.29) is 12.1 Å². The molecule has 0 radical (unpaired) electrons. The minimum atomic E-state index is -0.258. The molecule has 1 aliphatic rings. The van der Waals surface area contributed by atoms with Crippen LogP contribution in [0, 0.1) is 0 Å². The maximum absolute atomic E-state index is 12.8. The van der Waals surface area contributed by atoms with Crippen LogP contribution >= 0.6 is 11.6 Å². The van der Waals surface area contributed by atoms with Crippen LogP contribution in [-0.2, 0) is 0 Å². The first-order valence-corrected chi connectivity index (χ1v) is 9.33. The summed E-state index contributed by atoms with van der Waals surface area (Å²) in [5.74, 6) is 1.56. The molecule has 0 aliphatic carbocycles. The number of amides is 2. The van der Waals surface area contributed by atoms with Crippen LogP contribution in [0.5, 0.6) is 5.75 Å². The summed E-state index contributed by atoms with van der Waals surface area (Å²) in [6.07, 6.45) is 1.63. The van der Waals surface area contributed by atoms with Gasteiger partial charge in [-0.2, -0.15) is 4.98 Å². The molecule has 0 saturated carbocycles. The van der Waals surface area contributed by atoms with E-state index in [1.54, 1.807) is 30.2 Å². The van der Waals surface area contributed by atoms with Gasteiger partial charge in [0.15, 0.2) is 0 Å². The fourth-order valence-electron chi connectivity index (χ4n) is 3.28. The van der Waals surface area contributed by atoms with E-state index in [0.29, 0.717) is 34.7 Å². The van der Waals surface area contributed by atoms with Gasteiger partial charge in [-0.15, -0.1) is 0 Å². The molecule has 1 atom stereocenters. The van der Waals surface area contributed by atoms with Gasteiger partial charge in [-0.05, 0) is 37.1 Å². The SMILES string of the molecule is COc1cccc(NC(=O)N2CCCC2c2nc(-c3cccc(Cl)c3)no2)c1. The van der Waals surface area contributed by atoms with Crippen molar-refractivity contribution in [3.8, 4) is 17.1 Å². The molecule has 1 unspecified atom stereocenters. The van der Waals surface area contributed by atoms with Gasteiger partial charge in [-0.1, -0.05) is 35.0 Å². The van der Waals surface area contributed by atoms with E-state index in [2.05, 4.69) is 15.5 Å². The minimum absolute atomic E-state index is 0.210. The molecule has 0 bridgehead atoms. The molecule has 8 heteroatoms.